The Morgan fingerprint density at radius 3 is 1.16 bits per heavy atom. The van der Waals surface area contributed by atoms with Crippen LogP contribution in [-0.4, -0.2) is 13.7 Å². The molecule has 266 valence electrons. The lowest BCUT2D eigenvalue weighted by atomic mass is 9.98. The molecule has 3 heterocycles. The molecule has 0 saturated heterocycles. The fourth-order valence-corrected chi connectivity index (χ4v) is 7.76. The molecule has 0 aliphatic rings. The number of nitrogens with zero attached hydrogens (tertiary/aromatic N) is 3. The first-order valence-electron chi connectivity index (χ1n) is 28.4. The van der Waals surface area contributed by atoms with Gasteiger partial charge in [0.15, 0.2) is 0 Å². The van der Waals surface area contributed by atoms with Crippen LogP contribution in [0.15, 0.2) is 212 Å². The third-order valence-electron chi connectivity index (χ3n) is 10.2. The van der Waals surface area contributed by atoms with Crippen molar-refractivity contribution in [1.29, 1.82) is 0 Å². The number of rotatable bonds is 5. The molecule has 0 bridgehead atoms. The maximum Gasteiger partial charge on any atom is 0.0667 e. The summed E-state index contributed by atoms with van der Waals surface area (Å²) in [7, 11) is 0. The largest absolute Gasteiger partial charge is 0.309 e. The predicted octanol–water partition coefficient (Wildman–Crippen LogP) is 14.3. The Kier molecular flexibility index (Phi) is 3.81. The quantitative estimate of drug-likeness (QED) is 0.167. The van der Waals surface area contributed by atoms with Gasteiger partial charge in [-0.3, -0.25) is 0 Å². The molecule has 0 spiro atoms. The molecular formula is C54H35N3. The molecule has 3 heteroatoms. The van der Waals surface area contributed by atoms with E-state index in [-0.39, 0.29) is 43.8 Å². The number of benzene rings is 9. The summed E-state index contributed by atoms with van der Waals surface area (Å²) in [5, 5.41) is -1.88. The van der Waals surface area contributed by atoms with Crippen molar-refractivity contribution >= 4 is 65.4 Å². The molecule has 0 unspecified atom stereocenters. The lowest BCUT2D eigenvalue weighted by molar-refractivity contribution is 1.14. The Morgan fingerprint density at radius 1 is 0.281 bits per heavy atom. The van der Waals surface area contributed by atoms with E-state index < -0.39 is 166 Å². The fraction of sp³-hybridized carbons (Fsp3) is 0. The second-order valence-corrected chi connectivity index (χ2v) is 13.4. The van der Waals surface area contributed by atoms with Crippen molar-refractivity contribution in [2.75, 3.05) is 0 Å². The average molecular weight is 747 g/mol. The van der Waals surface area contributed by atoms with Gasteiger partial charge in [0.2, 0.25) is 0 Å². The molecule has 0 fully saturated rings. The summed E-state index contributed by atoms with van der Waals surface area (Å²) in [6.45, 7) is 0. The van der Waals surface area contributed by atoms with E-state index in [1.807, 2.05) is 66.7 Å². The van der Waals surface area contributed by atoms with Gasteiger partial charge in [0, 0.05) is 49.4 Å². The first-order chi connectivity index (χ1) is 37.0. The molecule has 0 amide bonds. The number of hydrogen-bond donors (Lipinski definition) is 0. The van der Waals surface area contributed by atoms with Crippen LogP contribution in [0.3, 0.4) is 0 Å². The molecule has 3 nitrogen and oxygen atoms in total. The Balaban J connectivity index is 1.33. The van der Waals surface area contributed by atoms with E-state index in [1.54, 1.807) is 12.1 Å². The SMILES string of the molecule is [2H]c1cc2c(c([2H])c1[2H])c1c([2H])c([2H])c([2H])c([2H])c1n2-c1c([2H])c([2H])c2c3c([2H])c([2H])c([2H])c([2H])c3n(-c3c([2H])c([2H])c4c5c([2H])c([2H])c([2H])c([2H])c5n(-c5cc(-c6ccccc6)cc(-c6ccccc6)c5)c4c3[2H])c2c1[2H]. The van der Waals surface area contributed by atoms with Gasteiger partial charge in [-0.1, -0.05) is 145 Å². The number of hydrogen-bond acceptors (Lipinski definition) is 0. The van der Waals surface area contributed by atoms with Gasteiger partial charge in [-0.15, -0.1) is 0 Å². The summed E-state index contributed by atoms with van der Waals surface area (Å²) in [6, 6.07) is 10.2. The minimum atomic E-state index is -0.817. The van der Waals surface area contributed by atoms with Gasteiger partial charge in [0.25, 0.3) is 0 Å². The first kappa shape index (κ1) is 17.5. The van der Waals surface area contributed by atoms with Crippen LogP contribution in [0.25, 0.3) is 105 Å². The summed E-state index contributed by atoms with van der Waals surface area (Å²) in [4.78, 5) is 0. The molecule has 0 aliphatic heterocycles. The molecule has 0 saturated carbocycles. The Morgan fingerprint density at radius 2 is 0.667 bits per heavy atom. The van der Waals surface area contributed by atoms with Gasteiger partial charge in [0.05, 0.1) is 61.9 Å². The van der Waals surface area contributed by atoms with Gasteiger partial charge in [-0.2, -0.15) is 0 Å². The lowest BCUT2D eigenvalue weighted by Gasteiger charge is -2.15. The highest BCUT2D eigenvalue weighted by Crippen LogP contribution is 2.40. The summed E-state index contributed by atoms with van der Waals surface area (Å²) in [5.41, 5.74) is -0.289. The van der Waals surface area contributed by atoms with E-state index in [2.05, 4.69) is 0 Å². The van der Waals surface area contributed by atoms with Gasteiger partial charge in [-0.05, 0) is 88.8 Å². The van der Waals surface area contributed by atoms with Gasteiger partial charge in [0.1, 0.15) is 0 Å². The lowest BCUT2D eigenvalue weighted by Crippen LogP contribution is -1.99. The summed E-state index contributed by atoms with van der Waals surface area (Å²) in [5.74, 6) is 0. The van der Waals surface area contributed by atoms with Crippen LogP contribution in [0.2, 0.25) is 0 Å². The molecular weight excluding hydrogens is 691 g/mol. The Labute approximate surface area is 359 Å². The highest BCUT2D eigenvalue weighted by molar-refractivity contribution is 6.13. The molecule has 12 rings (SSSR count). The molecule has 0 aliphatic carbocycles. The zero-order valence-electron chi connectivity index (χ0n) is 50.4. The highest BCUT2D eigenvalue weighted by atomic mass is 15.0. The fourth-order valence-electron chi connectivity index (χ4n) is 7.76. The predicted molar refractivity (Wildman–Crippen MR) is 240 cm³/mol. The van der Waals surface area contributed by atoms with Crippen LogP contribution in [0.1, 0.15) is 28.8 Å². The highest BCUT2D eigenvalue weighted by Gasteiger charge is 2.19. The normalized spacial score (nSPS) is 17.0. The van der Waals surface area contributed by atoms with Gasteiger partial charge < -0.3 is 13.7 Å². The van der Waals surface area contributed by atoms with E-state index in [1.165, 1.54) is 4.57 Å². The van der Waals surface area contributed by atoms with Crippen molar-refractivity contribution in [1.82, 2.24) is 13.7 Å². The van der Waals surface area contributed by atoms with Crippen LogP contribution in [0.4, 0.5) is 0 Å². The first-order valence-corrected chi connectivity index (χ1v) is 17.9. The molecule has 0 atom stereocenters. The number of fused-ring (bicyclic) bond motifs is 9. The number of aromatic nitrogens is 3. The molecule has 0 radical (unpaired) electrons. The van der Waals surface area contributed by atoms with Crippen LogP contribution >= 0.6 is 0 Å². The van der Waals surface area contributed by atoms with Gasteiger partial charge in [-0.25, -0.2) is 0 Å². The van der Waals surface area contributed by atoms with Crippen molar-refractivity contribution < 1.29 is 28.8 Å². The van der Waals surface area contributed by atoms with Crippen molar-refractivity contribution in [3.63, 3.8) is 0 Å². The molecule has 12 aromatic rings. The van der Waals surface area contributed by atoms with Crippen molar-refractivity contribution in [2.45, 2.75) is 0 Å². The zero-order chi connectivity index (χ0) is 55.7. The van der Waals surface area contributed by atoms with Crippen molar-refractivity contribution in [2.24, 2.45) is 0 Å². The second-order valence-electron chi connectivity index (χ2n) is 13.4. The van der Waals surface area contributed by atoms with Crippen LogP contribution < -0.4 is 0 Å². The molecule has 3 aromatic heterocycles. The standard InChI is InChI=1S/C54H35N3/c1-3-15-36(16-4-1)38-31-39(37-17-5-2-6-18-37)33-42(32-38)57-52-26-14-10-22-46(52)48-30-28-41(35-54(48)57)56-51-25-13-9-21-45(51)47-29-27-40(34-53(47)56)55-49-23-11-7-19-43(49)44-20-8-12-24-50(44)55/h1-35H/i7D,8D,9D,10D,11D,12D,13D,14D,19D,20D,21D,22D,23D,25D,26D,27D,28D,29D,30D,34D,35D. The van der Waals surface area contributed by atoms with Crippen molar-refractivity contribution in [3.05, 3.63) is 212 Å². The zero-order valence-corrected chi connectivity index (χ0v) is 29.4. The van der Waals surface area contributed by atoms with E-state index in [0.29, 0.717) is 11.1 Å². The maximum absolute atomic E-state index is 10.4. The second kappa shape index (κ2) is 12.5. The van der Waals surface area contributed by atoms with Gasteiger partial charge >= 0.3 is 0 Å². The van der Waals surface area contributed by atoms with E-state index >= 15 is 0 Å². The topological polar surface area (TPSA) is 14.8 Å². The van der Waals surface area contributed by atoms with E-state index in [9.17, 15) is 15.1 Å². The number of para-hydroxylation sites is 4. The minimum Gasteiger partial charge on any atom is -0.309 e. The van der Waals surface area contributed by atoms with Crippen molar-refractivity contribution in [3.8, 4) is 39.3 Å². The third kappa shape index (κ3) is 4.86. The third-order valence-corrected chi connectivity index (χ3v) is 10.2. The van der Waals surface area contributed by atoms with Crippen LogP contribution in [0, 0.1) is 0 Å². The monoisotopic (exact) mass is 746 g/mol. The molecule has 57 heavy (non-hydrogen) atoms. The average Bonchev–Trinajstić information content (AvgIpc) is 4.12. The molecule has 0 N–H and O–H groups in total. The Hall–Kier alpha value is -7.62. The smallest absolute Gasteiger partial charge is 0.0667 e. The van der Waals surface area contributed by atoms with Crippen LogP contribution in [0.5, 0.6) is 0 Å². The van der Waals surface area contributed by atoms with E-state index in [4.69, 9.17) is 13.7 Å². The minimum absolute atomic E-state index is 0.173. The Bertz CT molecular complexity index is 4680. The summed E-state index contributed by atoms with van der Waals surface area (Å²) >= 11 is 0. The summed E-state index contributed by atoms with van der Waals surface area (Å²) < 4.78 is 198. The van der Waals surface area contributed by atoms with E-state index in [0.717, 1.165) is 26.3 Å². The maximum atomic E-state index is 10.4. The molecule has 9 aromatic carbocycles. The summed E-state index contributed by atoms with van der Waals surface area (Å²) in [6.07, 6.45) is 0. The van der Waals surface area contributed by atoms with Crippen LogP contribution in [-0.2, 0) is 0 Å².